The summed E-state index contributed by atoms with van der Waals surface area (Å²) >= 11 is 0. The van der Waals surface area contributed by atoms with Gasteiger partial charge in [-0.15, -0.1) is 0 Å². The van der Waals surface area contributed by atoms with E-state index in [1.807, 2.05) is 13.8 Å². The van der Waals surface area contributed by atoms with Crippen molar-refractivity contribution >= 4 is 5.84 Å². The molecule has 0 radical (unpaired) electrons. The zero-order valence-electron chi connectivity index (χ0n) is 7.24. The summed E-state index contributed by atoms with van der Waals surface area (Å²) in [6.45, 7) is 5.50. The van der Waals surface area contributed by atoms with Gasteiger partial charge < -0.3 is 4.90 Å². The van der Waals surface area contributed by atoms with Gasteiger partial charge in [0.15, 0.2) is 10.9 Å². The van der Waals surface area contributed by atoms with Crippen molar-refractivity contribution in [2.24, 2.45) is 5.10 Å². The van der Waals surface area contributed by atoms with Crippen molar-refractivity contribution in [3.63, 3.8) is 0 Å². The van der Waals surface area contributed by atoms with Gasteiger partial charge in [0.25, 0.3) is 0 Å². The molecule has 0 unspecified atom stereocenters. The molecule has 11 heavy (non-hydrogen) atoms. The fourth-order valence-electron chi connectivity index (χ4n) is 0.562. The Morgan fingerprint density at radius 3 is 2.36 bits per heavy atom. The van der Waals surface area contributed by atoms with Gasteiger partial charge in [-0.25, -0.2) is 10.1 Å². The highest BCUT2D eigenvalue weighted by molar-refractivity contribution is 5.78. The summed E-state index contributed by atoms with van der Waals surface area (Å²) in [5.41, 5.74) is 0. The second kappa shape index (κ2) is 3.90. The number of rotatable bonds is 2. The van der Waals surface area contributed by atoms with Crippen LogP contribution < -0.4 is 0 Å². The van der Waals surface area contributed by atoms with Gasteiger partial charge in [0.2, 0.25) is 0 Å². The molecule has 0 aromatic carbocycles. The van der Waals surface area contributed by atoms with Crippen molar-refractivity contribution in [3.8, 4) is 0 Å². The van der Waals surface area contributed by atoms with Crippen LogP contribution in [0.3, 0.4) is 0 Å². The molecule has 0 fully saturated rings. The van der Waals surface area contributed by atoms with Crippen molar-refractivity contribution < 1.29 is 5.03 Å². The maximum absolute atomic E-state index is 9.93. The highest BCUT2D eigenvalue weighted by atomic mass is 16.7. The third kappa shape index (κ3) is 3.54. The fraction of sp³-hybridized carbons (Fsp3) is 0.833. The van der Waals surface area contributed by atoms with Crippen LogP contribution in [0, 0.1) is 10.1 Å². The quantitative estimate of drug-likeness (QED) is 0.261. The average Bonchev–Trinajstić information content (AvgIpc) is 1.84. The van der Waals surface area contributed by atoms with Crippen LogP contribution >= 0.6 is 0 Å². The fourth-order valence-corrected chi connectivity index (χ4v) is 0.562. The Labute approximate surface area is 65.8 Å². The second-order valence-electron chi connectivity index (χ2n) is 2.59. The Hall–Kier alpha value is -1.13. The summed E-state index contributed by atoms with van der Waals surface area (Å²) in [7, 11) is 1.77. The molecule has 0 bridgehead atoms. The normalized spacial score (nSPS) is 11.9. The zero-order valence-corrected chi connectivity index (χ0v) is 7.24. The van der Waals surface area contributed by atoms with Gasteiger partial charge in [-0.1, -0.05) is 0 Å². The Balaban J connectivity index is 4.23. The summed E-state index contributed by atoms with van der Waals surface area (Å²) in [5.74, 6) is 0.421. The van der Waals surface area contributed by atoms with Gasteiger partial charge in [-0.2, -0.15) is 0 Å². The molecule has 0 heterocycles. The molecule has 5 nitrogen and oxygen atoms in total. The van der Waals surface area contributed by atoms with Crippen molar-refractivity contribution in [2.45, 2.75) is 26.8 Å². The maximum Gasteiger partial charge on any atom is 0.192 e. The van der Waals surface area contributed by atoms with Gasteiger partial charge in [-0.3, -0.25) is 0 Å². The van der Waals surface area contributed by atoms with E-state index in [4.69, 9.17) is 0 Å². The van der Waals surface area contributed by atoms with Crippen molar-refractivity contribution in [2.75, 3.05) is 7.05 Å². The third-order valence-electron chi connectivity index (χ3n) is 1.51. The van der Waals surface area contributed by atoms with E-state index in [1.54, 1.807) is 18.9 Å². The maximum atomic E-state index is 9.93. The van der Waals surface area contributed by atoms with E-state index in [1.165, 1.54) is 0 Å². The number of hydrogen-bond acceptors (Lipinski definition) is 2. The Bertz CT molecular complexity index is 177. The van der Waals surface area contributed by atoms with Crippen LogP contribution in [0.2, 0.25) is 0 Å². The average molecular weight is 159 g/mol. The molecule has 0 rings (SSSR count). The molecule has 0 aliphatic heterocycles. The molecule has 0 amide bonds. The van der Waals surface area contributed by atoms with Crippen LogP contribution in [0.5, 0.6) is 0 Å². The summed E-state index contributed by atoms with van der Waals surface area (Å²) in [6, 6.07) is 0.235. The number of nitrogens with zero attached hydrogens (tertiary/aromatic N) is 3. The summed E-state index contributed by atoms with van der Waals surface area (Å²) in [5, 5.41) is 12.4. The first-order valence-corrected chi connectivity index (χ1v) is 3.37. The third-order valence-corrected chi connectivity index (χ3v) is 1.51. The van der Waals surface area contributed by atoms with Crippen molar-refractivity contribution in [1.82, 2.24) is 4.90 Å². The van der Waals surface area contributed by atoms with Gasteiger partial charge in [0.05, 0.1) is 5.10 Å². The lowest BCUT2D eigenvalue weighted by atomic mass is 10.3. The molecule has 5 heteroatoms. The molecule has 0 aliphatic carbocycles. The molecule has 0 spiro atoms. The van der Waals surface area contributed by atoms with E-state index >= 15 is 0 Å². The standard InChI is InChI=1S/C6H13N3O2/c1-5(2)8(4)6(3)7-9(10)11/h5H,1-4H3/b7-6+. The minimum absolute atomic E-state index is 0.235. The molecule has 64 valence electrons. The van der Waals surface area contributed by atoms with E-state index in [9.17, 15) is 10.1 Å². The predicted octanol–water partition coefficient (Wildman–Crippen LogP) is 0.937. The number of nitro groups is 1. The highest BCUT2D eigenvalue weighted by Gasteiger charge is 2.07. The lowest BCUT2D eigenvalue weighted by molar-refractivity contribution is -0.485. The Kier molecular flexibility index (Phi) is 3.50. The summed E-state index contributed by atoms with van der Waals surface area (Å²) < 4.78 is 0. The van der Waals surface area contributed by atoms with Gasteiger partial charge in [0, 0.05) is 20.0 Å². The molecule has 0 atom stereocenters. The van der Waals surface area contributed by atoms with Crippen LogP contribution in [0.4, 0.5) is 0 Å². The molecule has 0 aromatic heterocycles. The molecular weight excluding hydrogens is 146 g/mol. The second-order valence-corrected chi connectivity index (χ2v) is 2.59. The lowest BCUT2D eigenvalue weighted by Gasteiger charge is -2.20. The molecule has 0 aliphatic rings. The zero-order chi connectivity index (χ0) is 9.02. The van der Waals surface area contributed by atoms with E-state index < -0.39 is 5.03 Å². The minimum Gasteiger partial charge on any atom is -0.356 e. The van der Waals surface area contributed by atoms with Crippen molar-refractivity contribution in [3.05, 3.63) is 10.1 Å². The minimum atomic E-state index is -0.686. The molecule has 0 aromatic rings. The van der Waals surface area contributed by atoms with Crippen LogP contribution in [0.15, 0.2) is 5.10 Å². The van der Waals surface area contributed by atoms with Gasteiger partial charge >= 0.3 is 0 Å². The first kappa shape index (κ1) is 9.87. The van der Waals surface area contributed by atoms with Crippen LogP contribution in [0.25, 0.3) is 0 Å². The summed E-state index contributed by atoms with van der Waals surface area (Å²) in [6.07, 6.45) is 0. The van der Waals surface area contributed by atoms with E-state index in [-0.39, 0.29) is 6.04 Å². The molecule has 0 N–H and O–H groups in total. The smallest absolute Gasteiger partial charge is 0.192 e. The molecular formula is C6H13N3O2. The Morgan fingerprint density at radius 2 is 2.09 bits per heavy atom. The molecule has 0 saturated heterocycles. The van der Waals surface area contributed by atoms with Crippen molar-refractivity contribution in [1.29, 1.82) is 0 Å². The highest BCUT2D eigenvalue weighted by Crippen LogP contribution is 1.95. The monoisotopic (exact) mass is 159 g/mol. The topological polar surface area (TPSA) is 58.7 Å². The first-order chi connectivity index (χ1) is 4.95. The predicted molar refractivity (Wildman–Crippen MR) is 43.0 cm³/mol. The number of hydrazone groups is 1. The van der Waals surface area contributed by atoms with Crippen LogP contribution in [-0.4, -0.2) is 28.9 Å². The van der Waals surface area contributed by atoms with Gasteiger partial charge in [-0.05, 0) is 13.8 Å². The lowest BCUT2D eigenvalue weighted by Crippen LogP contribution is -2.31. The number of hydrogen-bond donors (Lipinski definition) is 0. The Morgan fingerprint density at radius 1 is 1.64 bits per heavy atom. The van der Waals surface area contributed by atoms with E-state index in [2.05, 4.69) is 5.10 Å². The first-order valence-electron chi connectivity index (χ1n) is 3.37. The van der Waals surface area contributed by atoms with E-state index in [0.29, 0.717) is 5.84 Å². The van der Waals surface area contributed by atoms with Gasteiger partial charge in [0.1, 0.15) is 0 Å². The van der Waals surface area contributed by atoms with Crippen LogP contribution in [-0.2, 0) is 0 Å². The summed E-state index contributed by atoms with van der Waals surface area (Å²) in [4.78, 5) is 11.7. The SMILES string of the molecule is C/C(=N\[N+](=O)[O-])N(C)C(C)C. The van der Waals surface area contributed by atoms with Crippen LogP contribution in [0.1, 0.15) is 20.8 Å². The molecule has 0 saturated carbocycles. The largest absolute Gasteiger partial charge is 0.356 e. The number of amidine groups is 1. The van der Waals surface area contributed by atoms with E-state index in [0.717, 1.165) is 0 Å².